The summed E-state index contributed by atoms with van der Waals surface area (Å²) in [6.07, 6.45) is 1.90. The van der Waals surface area contributed by atoms with Gasteiger partial charge in [-0.2, -0.15) is 4.31 Å². The molecule has 1 aromatic heterocycles. The van der Waals surface area contributed by atoms with Crippen LogP contribution >= 0.6 is 22.9 Å². The number of methoxy groups -OCH3 is 1. The van der Waals surface area contributed by atoms with E-state index in [0.29, 0.717) is 23.0 Å². The van der Waals surface area contributed by atoms with Gasteiger partial charge in [-0.05, 0) is 66.8 Å². The molecule has 1 unspecified atom stereocenters. The van der Waals surface area contributed by atoms with Gasteiger partial charge in [-0.1, -0.05) is 66.3 Å². The predicted molar refractivity (Wildman–Crippen MR) is 161 cm³/mol. The van der Waals surface area contributed by atoms with Crippen molar-refractivity contribution in [3.8, 4) is 21.7 Å². The number of sulfonamides is 1. The van der Waals surface area contributed by atoms with Crippen molar-refractivity contribution in [1.82, 2.24) is 9.29 Å². The van der Waals surface area contributed by atoms with Crippen LogP contribution in [0.4, 0.5) is 5.13 Å². The van der Waals surface area contributed by atoms with Gasteiger partial charge in [-0.25, -0.2) is 13.4 Å². The number of aromatic nitrogens is 1. The smallest absolute Gasteiger partial charge is 0.324 e. The summed E-state index contributed by atoms with van der Waals surface area (Å²) in [4.78, 5) is 30.9. The van der Waals surface area contributed by atoms with Crippen molar-refractivity contribution in [2.75, 3.05) is 19.0 Å². The Hall–Kier alpha value is -3.57. The van der Waals surface area contributed by atoms with E-state index in [-0.39, 0.29) is 17.0 Å². The van der Waals surface area contributed by atoms with Crippen LogP contribution in [-0.4, -0.2) is 49.3 Å². The lowest BCUT2D eigenvalue weighted by atomic mass is 10.0. The van der Waals surface area contributed by atoms with Crippen LogP contribution in [-0.2, 0) is 26.0 Å². The van der Waals surface area contributed by atoms with Gasteiger partial charge < -0.3 is 4.74 Å². The minimum atomic E-state index is -3.94. The van der Waals surface area contributed by atoms with E-state index in [0.717, 1.165) is 32.4 Å². The van der Waals surface area contributed by atoms with Crippen molar-refractivity contribution in [1.29, 1.82) is 0 Å². The molecule has 8 nitrogen and oxygen atoms in total. The number of ether oxygens (including phenoxy) is 1. The monoisotopic (exact) mass is 609 g/mol. The van der Waals surface area contributed by atoms with Crippen LogP contribution in [0.5, 0.6) is 0 Å². The van der Waals surface area contributed by atoms with Gasteiger partial charge in [-0.3, -0.25) is 14.9 Å². The first-order valence-electron chi connectivity index (χ1n) is 13.1. The normalized spacial score (nSPS) is 15.5. The van der Waals surface area contributed by atoms with Crippen molar-refractivity contribution in [2.24, 2.45) is 0 Å². The molecule has 0 aliphatic carbocycles. The maximum atomic E-state index is 13.2. The summed E-state index contributed by atoms with van der Waals surface area (Å²) in [5.41, 5.74) is 4.05. The largest absolute Gasteiger partial charge is 0.468 e. The number of carbonyl (C=O) groups excluding carboxylic acids is 2. The molecule has 11 heteroatoms. The molecule has 1 saturated heterocycles. The first-order chi connectivity index (χ1) is 19.7. The highest BCUT2D eigenvalue weighted by Gasteiger charge is 2.40. The second kappa shape index (κ2) is 12.1. The standard InChI is InChI=1S/C30H28ClN3O5S2/c1-3-19-6-8-21(9-7-19)27-26(20-10-14-23(31)15-11-20)32-30(40-27)33-28(35)22-12-16-24(17-13-22)41(37,38)34-18-4-5-25(34)29(36)39-2/h6-17,25H,3-5,18H2,1-2H3,(H,32,33,35). The lowest BCUT2D eigenvalue weighted by molar-refractivity contribution is -0.144. The van der Waals surface area contributed by atoms with Gasteiger partial charge >= 0.3 is 5.97 Å². The van der Waals surface area contributed by atoms with Crippen LogP contribution in [0, 0.1) is 0 Å². The first-order valence-corrected chi connectivity index (χ1v) is 15.7. The third-order valence-electron chi connectivity index (χ3n) is 6.99. The highest BCUT2D eigenvalue weighted by Crippen LogP contribution is 2.39. The predicted octanol–water partition coefficient (Wildman–Crippen LogP) is 6.27. The molecule has 3 aromatic carbocycles. The van der Waals surface area contributed by atoms with E-state index in [9.17, 15) is 18.0 Å². The lowest BCUT2D eigenvalue weighted by Gasteiger charge is -2.22. The number of halogens is 1. The Balaban J connectivity index is 1.39. The van der Waals surface area contributed by atoms with E-state index in [4.69, 9.17) is 21.3 Å². The molecular formula is C30H28ClN3O5S2. The van der Waals surface area contributed by atoms with Crippen LogP contribution in [0.1, 0.15) is 35.7 Å². The minimum Gasteiger partial charge on any atom is -0.468 e. The second-order valence-electron chi connectivity index (χ2n) is 9.53. The molecule has 0 spiro atoms. The average molecular weight is 610 g/mol. The third kappa shape index (κ3) is 6.06. The van der Waals surface area contributed by atoms with E-state index >= 15 is 0 Å². The molecule has 1 aliphatic rings. The fraction of sp³-hybridized carbons (Fsp3) is 0.233. The molecular weight excluding hydrogens is 582 g/mol. The van der Waals surface area contributed by atoms with Crippen LogP contribution in [0.2, 0.25) is 5.02 Å². The lowest BCUT2D eigenvalue weighted by Crippen LogP contribution is -2.41. The Morgan fingerprint density at radius 3 is 2.32 bits per heavy atom. The van der Waals surface area contributed by atoms with E-state index < -0.39 is 27.9 Å². The zero-order valence-electron chi connectivity index (χ0n) is 22.5. The number of amides is 1. The van der Waals surface area contributed by atoms with E-state index in [1.165, 1.54) is 48.3 Å². The summed E-state index contributed by atoms with van der Waals surface area (Å²) in [6, 6.07) is 20.4. The Kier molecular flexibility index (Phi) is 8.55. The highest BCUT2D eigenvalue weighted by molar-refractivity contribution is 7.89. The summed E-state index contributed by atoms with van der Waals surface area (Å²) < 4.78 is 32.4. The van der Waals surface area contributed by atoms with Crippen LogP contribution in [0.25, 0.3) is 21.7 Å². The van der Waals surface area contributed by atoms with Gasteiger partial charge in [0, 0.05) is 22.7 Å². The second-order valence-corrected chi connectivity index (χ2v) is 12.9. The van der Waals surface area contributed by atoms with Crippen molar-refractivity contribution in [3.05, 3.63) is 88.9 Å². The average Bonchev–Trinajstić information content (AvgIpc) is 3.66. The van der Waals surface area contributed by atoms with Crippen LogP contribution < -0.4 is 5.32 Å². The van der Waals surface area contributed by atoms with E-state index in [2.05, 4.69) is 24.4 Å². The van der Waals surface area contributed by atoms with Gasteiger partial charge in [0.1, 0.15) is 6.04 Å². The molecule has 2 heterocycles. The number of nitrogens with zero attached hydrogens (tertiary/aromatic N) is 2. The first kappa shape index (κ1) is 28.9. The van der Waals surface area contributed by atoms with Crippen molar-refractivity contribution >= 4 is 50.0 Å². The fourth-order valence-electron chi connectivity index (χ4n) is 4.75. The molecule has 212 valence electrons. The Morgan fingerprint density at radius 1 is 1.02 bits per heavy atom. The van der Waals surface area contributed by atoms with Crippen LogP contribution in [0.15, 0.2) is 77.7 Å². The molecule has 0 saturated carbocycles. The Bertz CT molecular complexity index is 1670. The summed E-state index contributed by atoms with van der Waals surface area (Å²) in [5, 5.41) is 3.88. The van der Waals surface area contributed by atoms with Gasteiger partial charge in [0.05, 0.1) is 22.6 Å². The van der Waals surface area contributed by atoms with Gasteiger partial charge in [-0.15, -0.1) is 0 Å². The Morgan fingerprint density at radius 2 is 1.68 bits per heavy atom. The summed E-state index contributed by atoms with van der Waals surface area (Å²) in [6.45, 7) is 2.33. The number of carbonyl (C=O) groups is 2. The third-order valence-corrected chi connectivity index (χ3v) is 10.2. The number of nitrogens with one attached hydrogen (secondary N) is 1. The number of hydrogen-bond donors (Lipinski definition) is 1. The van der Waals surface area contributed by atoms with Crippen molar-refractivity contribution in [3.63, 3.8) is 0 Å². The minimum absolute atomic E-state index is 0.00180. The number of hydrogen-bond acceptors (Lipinski definition) is 7. The number of anilines is 1. The maximum absolute atomic E-state index is 13.2. The van der Waals surface area contributed by atoms with Gasteiger partial charge in [0.25, 0.3) is 5.91 Å². The molecule has 1 fully saturated rings. The molecule has 1 N–H and O–H groups in total. The molecule has 41 heavy (non-hydrogen) atoms. The molecule has 1 amide bonds. The number of aryl methyl sites for hydroxylation is 1. The van der Waals surface area contributed by atoms with Crippen LogP contribution in [0.3, 0.4) is 0 Å². The molecule has 5 rings (SSSR count). The summed E-state index contributed by atoms with van der Waals surface area (Å²) >= 11 is 7.45. The number of benzene rings is 3. The molecule has 4 aromatic rings. The van der Waals surface area contributed by atoms with Gasteiger partial charge in [0.2, 0.25) is 10.0 Å². The molecule has 1 atom stereocenters. The van der Waals surface area contributed by atoms with E-state index in [1.807, 2.05) is 24.3 Å². The number of esters is 1. The quantitative estimate of drug-likeness (QED) is 0.236. The Labute approximate surface area is 248 Å². The maximum Gasteiger partial charge on any atom is 0.324 e. The fourth-order valence-corrected chi connectivity index (χ4v) is 7.51. The molecule has 1 aliphatic heterocycles. The molecule has 0 radical (unpaired) electrons. The van der Waals surface area contributed by atoms with E-state index in [1.54, 1.807) is 12.1 Å². The zero-order valence-corrected chi connectivity index (χ0v) is 24.9. The van der Waals surface area contributed by atoms with Crippen molar-refractivity contribution in [2.45, 2.75) is 37.1 Å². The van der Waals surface area contributed by atoms with Gasteiger partial charge in [0.15, 0.2) is 5.13 Å². The van der Waals surface area contributed by atoms with Crippen molar-refractivity contribution < 1.29 is 22.7 Å². The highest BCUT2D eigenvalue weighted by atomic mass is 35.5. The summed E-state index contributed by atoms with van der Waals surface area (Å²) in [5.74, 6) is -1.00. The topological polar surface area (TPSA) is 106 Å². The zero-order chi connectivity index (χ0) is 29.1. The summed E-state index contributed by atoms with van der Waals surface area (Å²) in [7, 11) is -2.69. The molecule has 0 bridgehead atoms. The number of rotatable bonds is 8. The number of thiazole rings is 1. The SMILES string of the molecule is CCc1ccc(-c2sc(NC(=O)c3ccc(S(=O)(=O)N4CCCC4C(=O)OC)cc3)nc2-c2ccc(Cl)cc2)cc1.